The van der Waals surface area contributed by atoms with E-state index in [1.807, 2.05) is 70.2 Å². The normalized spacial score (nSPS) is 12.7. The minimum atomic E-state index is -0.215. The van der Waals surface area contributed by atoms with Crippen LogP contribution in [0.25, 0.3) is 6.08 Å². The molecule has 0 heterocycles. The third-order valence-corrected chi connectivity index (χ3v) is 2.82. The lowest BCUT2D eigenvalue weighted by Crippen LogP contribution is -2.13. The van der Waals surface area contributed by atoms with Gasteiger partial charge in [0.1, 0.15) is 0 Å². The highest BCUT2D eigenvalue weighted by atomic mass is 16.5. The van der Waals surface area contributed by atoms with Gasteiger partial charge in [-0.1, -0.05) is 56.3 Å². The molecule has 1 aromatic rings. The molecule has 0 N–H and O–H groups in total. The summed E-state index contributed by atoms with van der Waals surface area (Å²) in [5.74, 6) is -0.0628. The van der Waals surface area contributed by atoms with Gasteiger partial charge in [0.15, 0.2) is 0 Å². The summed E-state index contributed by atoms with van der Waals surface area (Å²) in [6.45, 7) is 8.19. The largest absolute Gasteiger partial charge is 0.463 e. The lowest BCUT2D eigenvalue weighted by atomic mass is 9.97. The monoisotopic (exact) mass is 258 g/mol. The molecule has 0 aliphatic heterocycles. The Kier molecular flexibility index (Phi) is 6.07. The van der Waals surface area contributed by atoms with E-state index < -0.39 is 0 Å². The molecule has 1 rings (SSSR count). The molecule has 0 fully saturated rings. The first-order valence-corrected chi connectivity index (χ1v) is 6.67. The predicted molar refractivity (Wildman–Crippen MR) is 79.6 cm³/mol. The fourth-order valence-electron chi connectivity index (χ4n) is 1.94. The Balaban J connectivity index is 2.97. The summed E-state index contributed by atoms with van der Waals surface area (Å²) in [6.07, 6.45) is 3.98. The fraction of sp³-hybridized carbons (Fsp3) is 0.353. The van der Waals surface area contributed by atoms with Crippen molar-refractivity contribution in [3.05, 3.63) is 53.1 Å². The molecule has 19 heavy (non-hydrogen) atoms. The van der Waals surface area contributed by atoms with Crippen LogP contribution >= 0.6 is 0 Å². The van der Waals surface area contributed by atoms with E-state index in [-0.39, 0.29) is 11.9 Å². The van der Waals surface area contributed by atoms with Crippen LogP contribution in [0.4, 0.5) is 0 Å². The average Bonchev–Trinajstić information content (AvgIpc) is 2.37. The van der Waals surface area contributed by atoms with Gasteiger partial charge < -0.3 is 4.74 Å². The molecular weight excluding hydrogens is 236 g/mol. The molecule has 0 atom stereocenters. The molecule has 0 radical (unpaired) electrons. The van der Waals surface area contributed by atoms with E-state index in [4.69, 9.17) is 4.74 Å². The van der Waals surface area contributed by atoms with Gasteiger partial charge in [0, 0.05) is 5.57 Å². The molecule has 0 aromatic heterocycles. The molecule has 0 saturated heterocycles. The summed E-state index contributed by atoms with van der Waals surface area (Å²) in [6, 6.07) is 10.0. The van der Waals surface area contributed by atoms with Gasteiger partial charge in [-0.2, -0.15) is 0 Å². The van der Waals surface area contributed by atoms with Crippen molar-refractivity contribution in [1.82, 2.24) is 0 Å². The van der Waals surface area contributed by atoms with Gasteiger partial charge in [0.2, 0.25) is 0 Å². The van der Waals surface area contributed by atoms with Gasteiger partial charge in [-0.25, -0.2) is 4.79 Å². The van der Waals surface area contributed by atoms with Crippen molar-refractivity contribution in [1.29, 1.82) is 0 Å². The number of hydrogen-bond acceptors (Lipinski definition) is 2. The van der Waals surface area contributed by atoms with Crippen LogP contribution in [0.2, 0.25) is 0 Å². The number of benzene rings is 1. The standard InChI is InChI=1S/C17H22O2/c1-5-19-17(18)16(13(2)3)14(4)11-12-15-9-7-6-8-10-15/h6-13H,5H2,1-4H3. The van der Waals surface area contributed by atoms with Crippen LogP contribution in [0.3, 0.4) is 0 Å². The number of carbonyl (C=O) groups excluding carboxylic acids is 1. The summed E-state index contributed by atoms with van der Waals surface area (Å²) in [5.41, 5.74) is 2.82. The Morgan fingerprint density at radius 3 is 2.42 bits per heavy atom. The summed E-state index contributed by atoms with van der Waals surface area (Å²) in [4.78, 5) is 11.9. The molecule has 1 aromatic carbocycles. The topological polar surface area (TPSA) is 26.3 Å². The van der Waals surface area contributed by atoms with Gasteiger partial charge in [-0.05, 0) is 30.9 Å². The van der Waals surface area contributed by atoms with Crippen LogP contribution in [-0.4, -0.2) is 12.6 Å². The molecule has 102 valence electrons. The van der Waals surface area contributed by atoms with Crippen molar-refractivity contribution < 1.29 is 9.53 Å². The lowest BCUT2D eigenvalue weighted by Gasteiger charge is -2.12. The third kappa shape index (κ3) is 4.74. The minimum absolute atomic E-state index is 0.152. The minimum Gasteiger partial charge on any atom is -0.463 e. The highest BCUT2D eigenvalue weighted by Gasteiger charge is 2.16. The molecule has 0 saturated carbocycles. The molecule has 0 aliphatic carbocycles. The Morgan fingerprint density at radius 1 is 1.26 bits per heavy atom. The number of rotatable bonds is 5. The summed E-state index contributed by atoms with van der Waals surface area (Å²) in [5, 5.41) is 0. The maximum atomic E-state index is 11.9. The molecule has 0 unspecified atom stereocenters. The predicted octanol–water partition coefficient (Wildman–Crippen LogP) is 4.24. The van der Waals surface area contributed by atoms with E-state index in [0.29, 0.717) is 6.61 Å². The number of ether oxygens (including phenoxy) is 1. The first kappa shape index (κ1) is 15.2. The summed E-state index contributed by atoms with van der Waals surface area (Å²) < 4.78 is 5.11. The zero-order valence-corrected chi connectivity index (χ0v) is 12.1. The van der Waals surface area contributed by atoms with E-state index >= 15 is 0 Å². The van der Waals surface area contributed by atoms with Gasteiger partial charge in [0.05, 0.1) is 6.61 Å². The molecule has 2 nitrogen and oxygen atoms in total. The average molecular weight is 258 g/mol. The highest BCUT2D eigenvalue weighted by Crippen LogP contribution is 2.18. The van der Waals surface area contributed by atoms with Crippen LogP contribution in [0.5, 0.6) is 0 Å². The smallest absolute Gasteiger partial charge is 0.334 e. The van der Waals surface area contributed by atoms with E-state index in [2.05, 4.69) is 0 Å². The van der Waals surface area contributed by atoms with Crippen molar-refractivity contribution in [3.8, 4) is 0 Å². The Morgan fingerprint density at radius 2 is 1.89 bits per heavy atom. The maximum absolute atomic E-state index is 11.9. The number of esters is 1. The number of hydrogen-bond donors (Lipinski definition) is 0. The van der Waals surface area contributed by atoms with E-state index in [1.165, 1.54) is 0 Å². The third-order valence-electron chi connectivity index (χ3n) is 2.82. The van der Waals surface area contributed by atoms with E-state index in [1.54, 1.807) is 0 Å². The van der Waals surface area contributed by atoms with Crippen LogP contribution in [0.15, 0.2) is 47.6 Å². The SMILES string of the molecule is CCOC(=O)C(=C(C)C=Cc1ccccc1)C(C)C. The molecule has 0 amide bonds. The van der Waals surface area contributed by atoms with Gasteiger partial charge in [-0.15, -0.1) is 0 Å². The zero-order valence-electron chi connectivity index (χ0n) is 12.1. The molecular formula is C17H22O2. The second-order valence-electron chi connectivity index (χ2n) is 4.72. The number of allylic oxidation sites excluding steroid dienone is 2. The van der Waals surface area contributed by atoms with Crippen molar-refractivity contribution in [2.24, 2.45) is 5.92 Å². The lowest BCUT2D eigenvalue weighted by molar-refractivity contribution is -0.139. The second-order valence-corrected chi connectivity index (χ2v) is 4.72. The zero-order chi connectivity index (χ0) is 14.3. The van der Waals surface area contributed by atoms with Crippen molar-refractivity contribution in [2.75, 3.05) is 6.61 Å². The number of carbonyl (C=O) groups is 1. The maximum Gasteiger partial charge on any atom is 0.334 e. The molecule has 0 bridgehead atoms. The molecule has 0 spiro atoms. The summed E-state index contributed by atoms with van der Waals surface area (Å²) >= 11 is 0. The van der Waals surface area contributed by atoms with Gasteiger partial charge >= 0.3 is 5.97 Å². The quantitative estimate of drug-likeness (QED) is 0.448. The Hall–Kier alpha value is -1.83. The molecule has 0 aliphatic rings. The Labute approximate surface area is 115 Å². The molecule has 2 heteroatoms. The van der Waals surface area contributed by atoms with E-state index in [0.717, 1.165) is 16.7 Å². The first-order valence-electron chi connectivity index (χ1n) is 6.67. The first-order chi connectivity index (χ1) is 9.06. The fourth-order valence-corrected chi connectivity index (χ4v) is 1.94. The van der Waals surface area contributed by atoms with E-state index in [9.17, 15) is 4.79 Å². The second kappa shape index (κ2) is 7.57. The van der Waals surface area contributed by atoms with Crippen molar-refractivity contribution >= 4 is 12.0 Å². The van der Waals surface area contributed by atoms with Gasteiger partial charge in [0.25, 0.3) is 0 Å². The van der Waals surface area contributed by atoms with Crippen molar-refractivity contribution in [3.63, 3.8) is 0 Å². The Bertz CT molecular complexity index is 467. The van der Waals surface area contributed by atoms with Crippen molar-refractivity contribution in [2.45, 2.75) is 27.7 Å². The van der Waals surface area contributed by atoms with Gasteiger partial charge in [-0.3, -0.25) is 0 Å². The summed E-state index contributed by atoms with van der Waals surface area (Å²) in [7, 11) is 0. The van der Waals surface area contributed by atoms with Crippen LogP contribution in [-0.2, 0) is 9.53 Å². The highest BCUT2D eigenvalue weighted by molar-refractivity contribution is 5.90. The van der Waals surface area contributed by atoms with Crippen LogP contribution in [0, 0.1) is 5.92 Å². The van der Waals surface area contributed by atoms with Crippen LogP contribution < -0.4 is 0 Å². The van der Waals surface area contributed by atoms with Crippen LogP contribution in [0.1, 0.15) is 33.3 Å².